The van der Waals surface area contributed by atoms with Gasteiger partial charge in [0.05, 0.1) is 0 Å². The van der Waals surface area contributed by atoms with Gasteiger partial charge in [0.2, 0.25) is 5.96 Å². The molecular weight excluding hydrogens is 142 g/mol. The third-order valence-electron chi connectivity index (χ3n) is 0.289. The first-order chi connectivity index (χ1) is 4.54. The zero-order valence-electron chi connectivity index (χ0n) is 4.96. The van der Waals surface area contributed by atoms with Crippen LogP contribution in [0.1, 0.15) is 0 Å². The van der Waals surface area contributed by atoms with Crippen molar-refractivity contribution in [2.45, 2.75) is 0 Å². The molecule has 0 saturated carbocycles. The molecule has 0 bridgehead atoms. The van der Waals surface area contributed by atoms with Gasteiger partial charge in [-0.2, -0.15) is 0 Å². The number of rotatable bonds is 0. The van der Waals surface area contributed by atoms with E-state index in [0.717, 1.165) is 0 Å². The van der Waals surface area contributed by atoms with Crippen molar-refractivity contribution in [2.24, 2.45) is 11.7 Å². The molecular formula is C2H9N5O3. The fraction of sp³-hybridized carbons (Fsp3) is 0. The monoisotopic (exact) mass is 151 g/mol. The summed E-state index contributed by atoms with van der Waals surface area (Å²) in [7, 11) is 0. The molecule has 9 N–H and O–H groups in total. The van der Waals surface area contributed by atoms with E-state index in [1.54, 1.807) is 0 Å². The first-order valence-electron chi connectivity index (χ1n) is 1.98. The van der Waals surface area contributed by atoms with Gasteiger partial charge in [0, 0.05) is 0 Å². The summed E-state index contributed by atoms with van der Waals surface area (Å²) in [4.78, 5) is 8.56. The molecule has 0 unspecified atom stereocenters. The molecule has 0 saturated heterocycles. The summed E-state index contributed by atoms with van der Waals surface area (Å²) in [5.74, 6) is 9.23. The van der Waals surface area contributed by atoms with Gasteiger partial charge in [-0.25, -0.2) is 16.5 Å². The van der Waals surface area contributed by atoms with Crippen molar-refractivity contribution < 1.29 is 15.0 Å². The van der Waals surface area contributed by atoms with Crippen molar-refractivity contribution in [3.63, 3.8) is 0 Å². The Kier molecular flexibility index (Phi) is 8.42. The Labute approximate surface area is 56.3 Å². The molecule has 0 aliphatic rings. The van der Waals surface area contributed by atoms with E-state index in [1.807, 2.05) is 10.9 Å². The lowest BCUT2D eigenvalue weighted by Gasteiger charge is -1.95. The fourth-order valence-corrected chi connectivity index (χ4v) is 0.0417. The number of hydrogen-bond donors (Lipinski definition) is 7. The molecule has 0 rings (SSSR count). The quantitative estimate of drug-likeness (QED) is 0.0918. The number of carbonyl (C=O) groups is 1. The van der Waals surface area contributed by atoms with E-state index in [0.29, 0.717) is 0 Å². The molecule has 8 nitrogen and oxygen atoms in total. The molecule has 0 atom stereocenters. The second-order valence-electron chi connectivity index (χ2n) is 0.946. The van der Waals surface area contributed by atoms with Crippen LogP contribution in [0.25, 0.3) is 0 Å². The Balaban J connectivity index is 0. The van der Waals surface area contributed by atoms with E-state index in [4.69, 9.17) is 20.4 Å². The van der Waals surface area contributed by atoms with Crippen LogP contribution >= 0.6 is 0 Å². The van der Waals surface area contributed by atoms with Gasteiger partial charge in [-0.15, -0.1) is 0 Å². The standard InChI is InChI=1S/CH7N5.CH2O3/c2-1(5-3)6-4;2-1(3)4/h3-4H2,(H3,2,5,6);(H2,2,3,4). The minimum absolute atomic E-state index is 0.102. The minimum Gasteiger partial charge on any atom is -0.450 e. The van der Waals surface area contributed by atoms with Gasteiger partial charge < -0.3 is 10.2 Å². The van der Waals surface area contributed by atoms with Crippen molar-refractivity contribution in [1.82, 2.24) is 10.9 Å². The van der Waals surface area contributed by atoms with Gasteiger partial charge in [-0.3, -0.25) is 16.3 Å². The molecule has 0 aromatic heterocycles. The van der Waals surface area contributed by atoms with Crippen molar-refractivity contribution in [3.05, 3.63) is 0 Å². The highest BCUT2D eigenvalue weighted by molar-refractivity contribution is 5.74. The predicted octanol–water partition coefficient (Wildman–Crippen LogP) is -1.93. The molecule has 0 aromatic carbocycles. The number of hydrogen-bond acceptors (Lipinski definition) is 4. The van der Waals surface area contributed by atoms with Crippen LogP contribution in [0, 0.1) is 5.41 Å². The molecule has 10 heavy (non-hydrogen) atoms. The first kappa shape index (κ1) is 11.3. The van der Waals surface area contributed by atoms with Crippen LogP contribution in [-0.2, 0) is 0 Å². The van der Waals surface area contributed by atoms with Crippen LogP contribution in [0.3, 0.4) is 0 Å². The summed E-state index contributed by atoms with van der Waals surface area (Å²) in [5, 5.41) is 20.5. The maximum absolute atomic E-state index is 8.56. The lowest BCUT2D eigenvalue weighted by molar-refractivity contribution is 0.137. The van der Waals surface area contributed by atoms with Gasteiger partial charge in [0.25, 0.3) is 0 Å². The first-order valence-corrected chi connectivity index (χ1v) is 1.98. The van der Waals surface area contributed by atoms with Crippen LogP contribution in [0.15, 0.2) is 0 Å². The summed E-state index contributed by atoms with van der Waals surface area (Å²) in [6.45, 7) is 0. The SMILES string of the molecule is N=C(NN)NN.O=C(O)O. The molecule has 0 fully saturated rings. The molecule has 0 amide bonds. The van der Waals surface area contributed by atoms with Crippen LogP contribution in [0.4, 0.5) is 4.79 Å². The highest BCUT2D eigenvalue weighted by Crippen LogP contribution is 1.42. The number of carboxylic acid groups (broad SMARTS) is 2. The summed E-state index contributed by atoms with van der Waals surface area (Å²) >= 11 is 0. The fourth-order valence-electron chi connectivity index (χ4n) is 0.0417. The second kappa shape index (κ2) is 7.46. The highest BCUT2D eigenvalue weighted by Gasteiger charge is 1.76. The topological polar surface area (TPSA) is 157 Å². The van der Waals surface area contributed by atoms with Crippen molar-refractivity contribution >= 4 is 12.1 Å². The summed E-state index contributed by atoms with van der Waals surface area (Å²) < 4.78 is 0. The number of nitrogens with one attached hydrogen (secondary N) is 3. The van der Waals surface area contributed by atoms with Crippen molar-refractivity contribution in [1.29, 1.82) is 5.41 Å². The average Bonchev–Trinajstić information content (AvgIpc) is 1.85. The molecule has 8 heteroatoms. The molecule has 60 valence electrons. The highest BCUT2D eigenvalue weighted by atomic mass is 16.6. The van der Waals surface area contributed by atoms with E-state index >= 15 is 0 Å². The van der Waals surface area contributed by atoms with Gasteiger partial charge in [0.15, 0.2) is 0 Å². The van der Waals surface area contributed by atoms with Crippen molar-refractivity contribution in [2.75, 3.05) is 0 Å². The summed E-state index contributed by atoms with van der Waals surface area (Å²) in [6.07, 6.45) is -1.83. The number of guanidine groups is 1. The Morgan fingerprint density at radius 2 is 1.50 bits per heavy atom. The van der Waals surface area contributed by atoms with Gasteiger partial charge in [0.1, 0.15) is 0 Å². The van der Waals surface area contributed by atoms with Gasteiger partial charge >= 0.3 is 6.16 Å². The average molecular weight is 151 g/mol. The van der Waals surface area contributed by atoms with E-state index in [9.17, 15) is 0 Å². The Morgan fingerprint density at radius 3 is 1.50 bits per heavy atom. The number of nitrogens with two attached hydrogens (primary N) is 2. The largest absolute Gasteiger partial charge is 0.503 e. The zero-order valence-corrected chi connectivity index (χ0v) is 4.96. The van der Waals surface area contributed by atoms with E-state index in [2.05, 4.69) is 11.7 Å². The van der Waals surface area contributed by atoms with Crippen LogP contribution in [-0.4, -0.2) is 22.3 Å². The van der Waals surface area contributed by atoms with Gasteiger partial charge in [-0.1, -0.05) is 0 Å². The third kappa shape index (κ3) is 31.8. The molecule has 0 aromatic rings. The van der Waals surface area contributed by atoms with Crippen LogP contribution in [0.5, 0.6) is 0 Å². The molecule has 0 aliphatic heterocycles. The number of hydrazine groups is 2. The zero-order chi connectivity index (χ0) is 8.57. The molecule has 0 heterocycles. The normalized spacial score (nSPS) is 6.60. The third-order valence-corrected chi connectivity index (χ3v) is 0.289. The lowest BCUT2D eigenvalue weighted by Crippen LogP contribution is -2.44. The Morgan fingerprint density at radius 1 is 1.30 bits per heavy atom. The minimum atomic E-state index is -1.83. The van der Waals surface area contributed by atoms with E-state index < -0.39 is 6.16 Å². The second-order valence-corrected chi connectivity index (χ2v) is 0.946. The van der Waals surface area contributed by atoms with E-state index in [1.165, 1.54) is 0 Å². The van der Waals surface area contributed by atoms with Crippen LogP contribution < -0.4 is 22.5 Å². The van der Waals surface area contributed by atoms with Crippen molar-refractivity contribution in [3.8, 4) is 0 Å². The van der Waals surface area contributed by atoms with E-state index in [-0.39, 0.29) is 5.96 Å². The Hall–Kier alpha value is -1.54. The molecule has 0 radical (unpaired) electrons. The lowest BCUT2D eigenvalue weighted by atomic mass is 11.1. The summed E-state index contributed by atoms with van der Waals surface area (Å²) in [5.41, 5.74) is 3.92. The molecule has 0 spiro atoms. The summed E-state index contributed by atoms with van der Waals surface area (Å²) in [6, 6.07) is 0. The Bertz CT molecular complexity index is 103. The van der Waals surface area contributed by atoms with Crippen LogP contribution in [0.2, 0.25) is 0 Å². The maximum Gasteiger partial charge on any atom is 0.503 e. The smallest absolute Gasteiger partial charge is 0.450 e. The maximum atomic E-state index is 8.56. The van der Waals surface area contributed by atoms with Gasteiger partial charge in [-0.05, 0) is 0 Å². The predicted molar refractivity (Wildman–Crippen MR) is 33.0 cm³/mol. The molecule has 0 aliphatic carbocycles.